The molecule has 0 bridgehead atoms. The van der Waals surface area contributed by atoms with Gasteiger partial charge in [0.25, 0.3) is 0 Å². The number of amides is 1. The Hall–Kier alpha value is -1.38. The third-order valence-electron chi connectivity index (χ3n) is 2.08. The summed E-state index contributed by atoms with van der Waals surface area (Å²) in [5, 5.41) is 2.79. The maximum atomic E-state index is 10.9. The first-order valence-corrected chi connectivity index (χ1v) is 4.04. The number of nitrogens with zero attached hydrogens (tertiary/aromatic N) is 1. The molecule has 1 saturated heterocycles. The maximum Gasteiger partial charge on any atom is 0.220 e. The lowest BCUT2D eigenvalue weighted by molar-refractivity contribution is -0.119. The van der Waals surface area contributed by atoms with Gasteiger partial charge in [0.15, 0.2) is 0 Å². The fraction of sp³-hybridized carbons (Fsp3) is 0.333. The van der Waals surface area contributed by atoms with E-state index in [1.54, 1.807) is 6.20 Å². The molecule has 1 N–H and O–H groups in total. The van der Waals surface area contributed by atoms with Gasteiger partial charge in [-0.2, -0.15) is 0 Å². The van der Waals surface area contributed by atoms with E-state index in [-0.39, 0.29) is 11.8 Å². The highest BCUT2D eigenvalue weighted by Crippen LogP contribution is 2.19. The smallest absolute Gasteiger partial charge is 0.220 e. The summed E-state index contributed by atoms with van der Waals surface area (Å²) < 4.78 is 0. The summed E-state index contributed by atoms with van der Waals surface area (Å²) in [6.45, 7) is 0.732. The molecule has 1 amide bonds. The standard InChI is InChI=1S/C9H10N2O/c12-9-5-7(6-11-9)8-3-1-2-4-10-8/h1-4,7H,5-6H2,(H,11,12). The molecular formula is C9H10N2O. The molecule has 1 atom stereocenters. The van der Waals surface area contributed by atoms with Crippen LogP contribution in [0.1, 0.15) is 18.0 Å². The fourth-order valence-corrected chi connectivity index (χ4v) is 1.43. The lowest BCUT2D eigenvalue weighted by Crippen LogP contribution is -2.13. The molecule has 0 aromatic carbocycles. The number of rotatable bonds is 1. The molecule has 1 aromatic heterocycles. The van der Waals surface area contributed by atoms with Crippen LogP contribution in [-0.2, 0) is 4.79 Å². The van der Waals surface area contributed by atoms with Crippen LogP contribution in [-0.4, -0.2) is 17.4 Å². The van der Waals surface area contributed by atoms with Gasteiger partial charge in [0.1, 0.15) is 0 Å². The van der Waals surface area contributed by atoms with Crippen molar-refractivity contribution in [1.29, 1.82) is 0 Å². The van der Waals surface area contributed by atoms with E-state index >= 15 is 0 Å². The van der Waals surface area contributed by atoms with Crippen LogP contribution in [0.4, 0.5) is 0 Å². The molecule has 3 nitrogen and oxygen atoms in total. The molecule has 3 heteroatoms. The SMILES string of the molecule is O=C1CC(c2ccccn2)CN1. The molecule has 1 aliphatic rings. The van der Waals surface area contributed by atoms with Crippen LogP contribution in [0.3, 0.4) is 0 Å². The second-order valence-corrected chi connectivity index (χ2v) is 2.96. The van der Waals surface area contributed by atoms with Crippen LogP contribution < -0.4 is 5.32 Å². The number of hydrogen-bond acceptors (Lipinski definition) is 2. The summed E-state index contributed by atoms with van der Waals surface area (Å²) in [4.78, 5) is 15.1. The minimum absolute atomic E-state index is 0.130. The summed E-state index contributed by atoms with van der Waals surface area (Å²) in [6, 6.07) is 5.80. The summed E-state index contributed by atoms with van der Waals surface area (Å²) in [5.41, 5.74) is 1.01. The highest BCUT2D eigenvalue weighted by atomic mass is 16.1. The Balaban J connectivity index is 2.16. The van der Waals surface area contributed by atoms with E-state index in [9.17, 15) is 4.79 Å². The molecule has 0 radical (unpaired) electrons. The second kappa shape index (κ2) is 2.93. The van der Waals surface area contributed by atoms with Crippen molar-refractivity contribution in [2.75, 3.05) is 6.54 Å². The van der Waals surface area contributed by atoms with E-state index < -0.39 is 0 Å². The highest BCUT2D eigenvalue weighted by Gasteiger charge is 2.23. The molecule has 1 fully saturated rings. The van der Waals surface area contributed by atoms with Crippen molar-refractivity contribution in [1.82, 2.24) is 10.3 Å². The largest absolute Gasteiger partial charge is 0.355 e. The molecule has 0 spiro atoms. The lowest BCUT2D eigenvalue weighted by Gasteiger charge is -2.04. The van der Waals surface area contributed by atoms with E-state index in [2.05, 4.69) is 10.3 Å². The van der Waals surface area contributed by atoms with Crippen molar-refractivity contribution >= 4 is 5.91 Å². The Bertz CT molecular complexity index is 284. The minimum Gasteiger partial charge on any atom is -0.355 e. The van der Waals surface area contributed by atoms with Gasteiger partial charge in [-0.25, -0.2) is 0 Å². The van der Waals surface area contributed by atoms with Crippen LogP contribution >= 0.6 is 0 Å². The van der Waals surface area contributed by atoms with Crippen molar-refractivity contribution in [3.8, 4) is 0 Å². The lowest BCUT2D eigenvalue weighted by atomic mass is 10.0. The third kappa shape index (κ3) is 1.30. The Labute approximate surface area is 70.8 Å². The van der Waals surface area contributed by atoms with Crippen molar-refractivity contribution in [2.45, 2.75) is 12.3 Å². The van der Waals surface area contributed by atoms with Crippen molar-refractivity contribution < 1.29 is 4.79 Å². The first-order chi connectivity index (χ1) is 5.86. The summed E-state index contributed by atoms with van der Waals surface area (Å²) in [5.74, 6) is 0.407. The average Bonchev–Trinajstić information content (AvgIpc) is 2.54. The molecule has 62 valence electrons. The van der Waals surface area contributed by atoms with E-state index in [0.717, 1.165) is 12.2 Å². The van der Waals surface area contributed by atoms with Gasteiger partial charge in [-0.3, -0.25) is 9.78 Å². The molecule has 12 heavy (non-hydrogen) atoms. The highest BCUT2D eigenvalue weighted by molar-refractivity contribution is 5.79. The normalized spacial score (nSPS) is 22.3. The number of hydrogen-bond donors (Lipinski definition) is 1. The zero-order valence-electron chi connectivity index (χ0n) is 6.66. The zero-order chi connectivity index (χ0) is 8.39. The molecule has 0 aliphatic carbocycles. The minimum atomic E-state index is 0.130. The number of carbonyl (C=O) groups is 1. The summed E-state index contributed by atoms with van der Waals surface area (Å²) in [7, 11) is 0. The quantitative estimate of drug-likeness (QED) is 0.660. The fourth-order valence-electron chi connectivity index (χ4n) is 1.43. The predicted octanol–water partition coefficient (Wildman–Crippen LogP) is 0.685. The molecule has 1 aromatic rings. The molecule has 1 aliphatic heterocycles. The number of pyridine rings is 1. The van der Waals surface area contributed by atoms with E-state index in [1.807, 2.05) is 18.2 Å². The van der Waals surface area contributed by atoms with Gasteiger partial charge < -0.3 is 5.32 Å². The summed E-state index contributed by atoms with van der Waals surface area (Å²) >= 11 is 0. The van der Waals surface area contributed by atoms with Gasteiger partial charge in [-0.05, 0) is 12.1 Å². The van der Waals surface area contributed by atoms with Crippen LogP contribution in [0.2, 0.25) is 0 Å². The van der Waals surface area contributed by atoms with Gasteiger partial charge in [0, 0.05) is 30.8 Å². The van der Waals surface area contributed by atoms with Crippen molar-refractivity contribution in [3.63, 3.8) is 0 Å². The van der Waals surface area contributed by atoms with Crippen molar-refractivity contribution in [2.24, 2.45) is 0 Å². The van der Waals surface area contributed by atoms with Gasteiger partial charge in [0.05, 0.1) is 0 Å². The summed E-state index contributed by atoms with van der Waals surface area (Å²) in [6.07, 6.45) is 2.34. The predicted molar refractivity (Wildman–Crippen MR) is 44.6 cm³/mol. The molecule has 1 unspecified atom stereocenters. The van der Waals surface area contributed by atoms with Gasteiger partial charge in [-0.15, -0.1) is 0 Å². The van der Waals surface area contributed by atoms with E-state index in [0.29, 0.717) is 6.42 Å². The number of carbonyl (C=O) groups excluding carboxylic acids is 1. The van der Waals surface area contributed by atoms with Crippen LogP contribution in [0, 0.1) is 0 Å². The first-order valence-electron chi connectivity index (χ1n) is 4.04. The van der Waals surface area contributed by atoms with Crippen LogP contribution in [0.15, 0.2) is 24.4 Å². The second-order valence-electron chi connectivity index (χ2n) is 2.96. The first kappa shape index (κ1) is 7.28. The average molecular weight is 162 g/mol. The topological polar surface area (TPSA) is 42.0 Å². The third-order valence-corrected chi connectivity index (χ3v) is 2.08. The number of nitrogens with one attached hydrogen (secondary N) is 1. The van der Waals surface area contributed by atoms with Gasteiger partial charge >= 0.3 is 0 Å². The molecule has 2 heterocycles. The van der Waals surface area contributed by atoms with Gasteiger partial charge in [-0.1, -0.05) is 6.07 Å². The Morgan fingerprint density at radius 1 is 1.50 bits per heavy atom. The Kier molecular flexibility index (Phi) is 1.78. The molecular weight excluding hydrogens is 152 g/mol. The maximum absolute atomic E-state index is 10.9. The molecule has 2 rings (SSSR count). The van der Waals surface area contributed by atoms with Crippen LogP contribution in [0.25, 0.3) is 0 Å². The van der Waals surface area contributed by atoms with Gasteiger partial charge in [0.2, 0.25) is 5.91 Å². The zero-order valence-corrected chi connectivity index (χ0v) is 6.66. The van der Waals surface area contributed by atoms with Crippen LogP contribution in [0.5, 0.6) is 0 Å². The Morgan fingerprint density at radius 3 is 3.00 bits per heavy atom. The monoisotopic (exact) mass is 162 g/mol. The van der Waals surface area contributed by atoms with E-state index in [1.165, 1.54) is 0 Å². The van der Waals surface area contributed by atoms with E-state index in [4.69, 9.17) is 0 Å². The molecule has 0 saturated carbocycles. The van der Waals surface area contributed by atoms with Crippen molar-refractivity contribution in [3.05, 3.63) is 30.1 Å². The number of aromatic nitrogens is 1. The Morgan fingerprint density at radius 2 is 2.42 bits per heavy atom.